The van der Waals surface area contributed by atoms with Crippen LogP contribution in [0.2, 0.25) is 0 Å². The molecule has 2 aromatic rings. The molecule has 0 unspecified atom stereocenters. The molecule has 0 bridgehead atoms. The molecule has 0 aromatic carbocycles. The lowest BCUT2D eigenvalue weighted by Crippen LogP contribution is -2.29. The van der Waals surface area contributed by atoms with Crippen molar-refractivity contribution < 1.29 is 0 Å². The molecule has 0 spiro atoms. The Labute approximate surface area is 102 Å². The molecule has 92 valence electrons. The minimum absolute atomic E-state index is 0.00597. The smallest absolute Gasteiger partial charge is 0.181 e. The van der Waals surface area contributed by atoms with Crippen LogP contribution in [-0.4, -0.2) is 19.5 Å². The third-order valence-electron chi connectivity index (χ3n) is 2.68. The second-order valence-electron chi connectivity index (χ2n) is 6.42. The van der Waals surface area contributed by atoms with E-state index >= 15 is 0 Å². The van der Waals surface area contributed by atoms with E-state index in [0.29, 0.717) is 0 Å². The molecule has 2 rings (SSSR count). The lowest BCUT2D eigenvalue weighted by molar-refractivity contribution is 0.364. The third kappa shape index (κ3) is 2.04. The molecular formula is C13H20N4. The quantitative estimate of drug-likeness (QED) is 0.701. The number of imidazole rings is 1. The van der Waals surface area contributed by atoms with Gasteiger partial charge in [0.1, 0.15) is 17.7 Å². The van der Waals surface area contributed by atoms with Crippen LogP contribution in [0.15, 0.2) is 12.5 Å². The first-order chi connectivity index (χ1) is 7.71. The van der Waals surface area contributed by atoms with E-state index in [9.17, 15) is 0 Å². The van der Waals surface area contributed by atoms with Crippen LogP contribution < -0.4 is 0 Å². The van der Waals surface area contributed by atoms with Gasteiger partial charge in [0.25, 0.3) is 0 Å². The molecule has 4 nitrogen and oxygen atoms in total. The number of hydrogen-bond donors (Lipinski definition) is 0. The Balaban J connectivity index is 2.84. The zero-order chi connectivity index (χ0) is 12.8. The lowest BCUT2D eigenvalue weighted by atomic mass is 9.94. The molecule has 0 aliphatic heterocycles. The number of aromatic nitrogens is 4. The molecule has 0 fully saturated rings. The summed E-state index contributed by atoms with van der Waals surface area (Å²) in [5, 5.41) is 0. The van der Waals surface area contributed by atoms with E-state index in [-0.39, 0.29) is 11.0 Å². The predicted octanol–water partition coefficient (Wildman–Crippen LogP) is 2.88. The Kier molecular flexibility index (Phi) is 2.49. The van der Waals surface area contributed by atoms with Gasteiger partial charge in [-0.2, -0.15) is 0 Å². The first-order valence-electron chi connectivity index (χ1n) is 5.90. The maximum atomic E-state index is 4.66. The third-order valence-corrected chi connectivity index (χ3v) is 2.68. The fraction of sp³-hybridized carbons (Fsp3) is 0.615. The second kappa shape index (κ2) is 3.52. The van der Waals surface area contributed by atoms with Gasteiger partial charge in [0.2, 0.25) is 0 Å². The van der Waals surface area contributed by atoms with Crippen molar-refractivity contribution in [3.8, 4) is 0 Å². The average molecular weight is 232 g/mol. The summed E-state index contributed by atoms with van der Waals surface area (Å²) < 4.78 is 2.24. The highest BCUT2D eigenvalue weighted by atomic mass is 15.2. The molecule has 0 aliphatic rings. The molecule has 4 heteroatoms. The second-order valence-corrected chi connectivity index (χ2v) is 6.42. The summed E-state index contributed by atoms with van der Waals surface area (Å²) in [6, 6.07) is 0. The predicted molar refractivity (Wildman–Crippen MR) is 69.0 cm³/mol. The van der Waals surface area contributed by atoms with E-state index in [0.717, 1.165) is 17.0 Å². The summed E-state index contributed by atoms with van der Waals surface area (Å²) in [5.74, 6) is 1.06. The molecule has 2 aromatic heterocycles. The van der Waals surface area contributed by atoms with Gasteiger partial charge in [0.05, 0.1) is 6.20 Å². The van der Waals surface area contributed by atoms with Crippen molar-refractivity contribution in [2.75, 3.05) is 0 Å². The molecular weight excluding hydrogens is 212 g/mol. The van der Waals surface area contributed by atoms with Gasteiger partial charge in [-0.25, -0.2) is 15.0 Å². The Bertz CT molecular complexity index is 541. The zero-order valence-corrected chi connectivity index (χ0v) is 11.4. The maximum absolute atomic E-state index is 4.66. The molecule has 0 amide bonds. The van der Waals surface area contributed by atoms with Crippen molar-refractivity contribution in [3.05, 3.63) is 18.3 Å². The number of rotatable bonds is 0. The number of hydrogen-bond acceptors (Lipinski definition) is 3. The zero-order valence-electron chi connectivity index (χ0n) is 11.4. The van der Waals surface area contributed by atoms with Crippen LogP contribution >= 0.6 is 0 Å². The molecule has 2 heterocycles. The van der Waals surface area contributed by atoms with Crippen LogP contribution in [0.1, 0.15) is 47.4 Å². The molecule has 0 aliphatic carbocycles. The minimum Gasteiger partial charge on any atom is -0.320 e. The molecule has 0 saturated heterocycles. The molecule has 0 saturated carbocycles. The van der Waals surface area contributed by atoms with Crippen LogP contribution in [-0.2, 0) is 11.0 Å². The summed E-state index contributed by atoms with van der Waals surface area (Å²) in [7, 11) is 0. The maximum Gasteiger partial charge on any atom is 0.181 e. The topological polar surface area (TPSA) is 43.6 Å². The first-order valence-corrected chi connectivity index (χ1v) is 5.90. The largest absolute Gasteiger partial charge is 0.320 e. The average Bonchev–Trinajstić information content (AvgIpc) is 2.54. The van der Waals surface area contributed by atoms with Crippen LogP contribution in [0.3, 0.4) is 0 Å². The highest BCUT2D eigenvalue weighted by Gasteiger charge is 2.28. The molecule has 0 atom stereocenters. The highest BCUT2D eigenvalue weighted by molar-refractivity contribution is 5.71. The minimum atomic E-state index is -0.0257. The molecule has 17 heavy (non-hydrogen) atoms. The van der Waals surface area contributed by atoms with Crippen molar-refractivity contribution >= 4 is 11.2 Å². The Morgan fingerprint density at radius 3 is 2.24 bits per heavy atom. The van der Waals surface area contributed by atoms with Crippen molar-refractivity contribution in [1.29, 1.82) is 0 Å². The SMILES string of the molecule is CC(C)(C)c1nc2ncncc2n1C(C)(C)C. The van der Waals surface area contributed by atoms with E-state index in [1.807, 2.05) is 6.20 Å². The van der Waals surface area contributed by atoms with Crippen molar-refractivity contribution in [2.45, 2.75) is 52.5 Å². The Morgan fingerprint density at radius 2 is 1.71 bits per heavy atom. The van der Waals surface area contributed by atoms with Crippen molar-refractivity contribution in [1.82, 2.24) is 19.5 Å². The van der Waals surface area contributed by atoms with E-state index in [2.05, 4.69) is 61.1 Å². The van der Waals surface area contributed by atoms with Gasteiger partial charge in [-0.3, -0.25) is 0 Å². The lowest BCUT2D eigenvalue weighted by Gasteiger charge is -2.29. The van der Waals surface area contributed by atoms with E-state index in [4.69, 9.17) is 0 Å². The number of nitrogens with zero attached hydrogens (tertiary/aromatic N) is 4. The van der Waals surface area contributed by atoms with Gasteiger partial charge >= 0.3 is 0 Å². The van der Waals surface area contributed by atoms with Gasteiger partial charge in [-0.05, 0) is 20.8 Å². The summed E-state index contributed by atoms with van der Waals surface area (Å²) >= 11 is 0. The van der Waals surface area contributed by atoms with Gasteiger partial charge in [0, 0.05) is 11.0 Å². The summed E-state index contributed by atoms with van der Waals surface area (Å²) in [6.45, 7) is 13.0. The van der Waals surface area contributed by atoms with Crippen molar-refractivity contribution in [2.24, 2.45) is 0 Å². The first kappa shape index (κ1) is 12.0. The molecule has 0 radical (unpaired) electrons. The van der Waals surface area contributed by atoms with Gasteiger partial charge < -0.3 is 4.57 Å². The Hall–Kier alpha value is -1.45. The van der Waals surface area contributed by atoms with Crippen molar-refractivity contribution in [3.63, 3.8) is 0 Å². The van der Waals surface area contributed by atoms with Gasteiger partial charge in [-0.1, -0.05) is 20.8 Å². The van der Waals surface area contributed by atoms with Gasteiger partial charge in [-0.15, -0.1) is 0 Å². The fourth-order valence-corrected chi connectivity index (χ4v) is 2.01. The van der Waals surface area contributed by atoms with Crippen LogP contribution in [0.4, 0.5) is 0 Å². The van der Waals surface area contributed by atoms with Gasteiger partial charge in [0.15, 0.2) is 5.65 Å². The van der Waals surface area contributed by atoms with E-state index < -0.39 is 0 Å². The van der Waals surface area contributed by atoms with Crippen LogP contribution in [0, 0.1) is 0 Å². The fourth-order valence-electron chi connectivity index (χ4n) is 2.01. The number of fused-ring (bicyclic) bond motifs is 1. The van der Waals surface area contributed by atoms with Crippen LogP contribution in [0.5, 0.6) is 0 Å². The summed E-state index contributed by atoms with van der Waals surface area (Å²) in [6.07, 6.45) is 3.39. The van der Waals surface area contributed by atoms with E-state index in [1.165, 1.54) is 0 Å². The normalized spacial score (nSPS) is 13.3. The molecule has 0 N–H and O–H groups in total. The standard InChI is InChI=1S/C13H20N4/c1-12(2,3)11-16-10-9(7-14-8-15-10)17(11)13(4,5)6/h7-8H,1-6H3. The monoisotopic (exact) mass is 232 g/mol. The summed E-state index contributed by atoms with van der Waals surface area (Å²) in [4.78, 5) is 13.0. The summed E-state index contributed by atoms with van der Waals surface area (Å²) in [5.41, 5.74) is 1.75. The Morgan fingerprint density at radius 1 is 1.06 bits per heavy atom. The highest BCUT2D eigenvalue weighted by Crippen LogP contribution is 2.30. The van der Waals surface area contributed by atoms with Crippen LogP contribution in [0.25, 0.3) is 11.2 Å². The van der Waals surface area contributed by atoms with E-state index in [1.54, 1.807) is 6.33 Å².